The Balaban J connectivity index is 1.91. The summed E-state index contributed by atoms with van der Waals surface area (Å²) in [5.74, 6) is 0.111. The third kappa shape index (κ3) is 2.34. The van der Waals surface area contributed by atoms with E-state index in [0.29, 0.717) is 0 Å². The summed E-state index contributed by atoms with van der Waals surface area (Å²) in [5.41, 5.74) is 4.39. The van der Waals surface area contributed by atoms with Crippen molar-refractivity contribution < 1.29 is 4.79 Å². The zero-order valence-corrected chi connectivity index (χ0v) is 11.8. The molecular formula is C18H19NO. The van der Waals surface area contributed by atoms with Gasteiger partial charge in [0.05, 0.1) is 0 Å². The van der Waals surface area contributed by atoms with Crippen molar-refractivity contribution in [3.8, 4) is 0 Å². The molecule has 1 heterocycles. The first-order chi connectivity index (χ1) is 9.79. The highest BCUT2D eigenvalue weighted by atomic mass is 16.2. The third-order valence-electron chi connectivity index (χ3n) is 3.96. The molecule has 0 aliphatic carbocycles. The molecule has 0 spiro atoms. The van der Waals surface area contributed by atoms with Crippen LogP contribution >= 0.6 is 0 Å². The van der Waals surface area contributed by atoms with Crippen molar-refractivity contribution in [3.05, 3.63) is 65.2 Å². The molecule has 0 bridgehead atoms. The number of aryl methyl sites for hydroxylation is 2. The van der Waals surface area contributed by atoms with Crippen molar-refractivity contribution >= 4 is 11.6 Å². The van der Waals surface area contributed by atoms with Gasteiger partial charge in [-0.25, -0.2) is 0 Å². The van der Waals surface area contributed by atoms with Gasteiger partial charge in [0.2, 0.25) is 0 Å². The van der Waals surface area contributed by atoms with E-state index in [1.807, 2.05) is 47.4 Å². The number of benzene rings is 2. The van der Waals surface area contributed by atoms with Gasteiger partial charge in [-0.05, 0) is 48.6 Å². The first-order valence-corrected chi connectivity index (χ1v) is 7.28. The number of carbonyl (C=O) groups excluding carboxylic acids is 1. The van der Waals surface area contributed by atoms with Crippen molar-refractivity contribution in [2.45, 2.75) is 26.2 Å². The minimum atomic E-state index is 0.111. The van der Waals surface area contributed by atoms with E-state index in [4.69, 9.17) is 0 Å². The topological polar surface area (TPSA) is 20.3 Å². The molecule has 0 atom stereocenters. The molecule has 0 radical (unpaired) electrons. The minimum Gasteiger partial charge on any atom is -0.308 e. The van der Waals surface area contributed by atoms with Crippen LogP contribution in [0.4, 0.5) is 5.69 Å². The molecule has 0 N–H and O–H groups in total. The molecule has 0 saturated heterocycles. The Morgan fingerprint density at radius 1 is 1.10 bits per heavy atom. The zero-order chi connectivity index (χ0) is 13.9. The Morgan fingerprint density at radius 2 is 1.85 bits per heavy atom. The summed E-state index contributed by atoms with van der Waals surface area (Å²) in [4.78, 5) is 14.6. The monoisotopic (exact) mass is 265 g/mol. The number of nitrogens with zero attached hydrogens (tertiary/aromatic N) is 1. The van der Waals surface area contributed by atoms with Crippen LogP contribution in [0.3, 0.4) is 0 Å². The molecule has 0 fully saturated rings. The van der Waals surface area contributed by atoms with Gasteiger partial charge in [-0.3, -0.25) is 4.79 Å². The predicted molar refractivity (Wildman–Crippen MR) is 82.3 cm³/mol. The highest BCUT2D eigenvalue weighted by molar-refractivity contribution is 6.06. The molecule has 2 aromatic rings. The van der Waals surface area contributed by atoms with Crippen LogP contribution in [0.15, 0.2) is 48.5 Å². The van der Waals surface area contributed by atoms with Crippen molar-refractivity contribution in [2.24, 2.45) is 0 Å². The van der Waals surface area contributed by atoms with E-state index in [0.717, 1.165) is 37.1 Å². The molecule has 0 unspecified atom stereocenters. The lowest BCUT2D eigenvalue weighted by Gasteiger charge is -2.29. The van der Waals surface area contributed by atoms with Gasteiger partial charge in [-0.15, -0.1) is 0 Å². The zero-order valence-electron chi connectivity index (χ0n) is 11.8. The smallest absolute Gasteiger partial charge is 0.258 e. The van der Waals surface area contributed by atoms with Crippen molar-refractivity contribution in [1.82, 2.24) is 0 Å². The molecule has 0 saturated carbocycles. The van der Waals surface area contributed by atoms with Crippen LogP contribution in [0, 0.1) is 0 Å². The average molecular weight is 265 g/mol. The van der Waals surface area contributed by atoms with Gasteiger partial charge in [0.15, 0.2) is 0 Å². The van der Waals surface area contributed by atoms with Crippen LogP contribution in [-0.2, 0) is 12.8 Å². The Labute approximate surface area is 120 Å². The molecule has 2 aromatic carbocycles. The van der Waals surface area contributed by atoms with Gasteiger partial charge in [0.1, 0.15) is 0 Å². The lowest BCUT2D eigenvalue weighted by atomic mass is 10.0. The Kier molecular flexibility index (Phi) is 3.55. The average Bonchev–Trinajstić information content (AvgIpc) is 2.54. The molecule has 2 heteroatoms. The molecule has 1 aliphatic rings. The number of hydrogen-bond acceptors (Lipinski definition) is 1. The van der Waals surface area contributed by atoms with Crippen LogP contribution in [-0.4, -0.2) is 12.5 Å². The van der Waals surface area contributed by atoms with Gasteiger partial charge < -0.3 is 4.90 Å². The van der Waals surface area contributed by atoms with E-state index < -0.39 is 0 Å². The fourth-order valence-electron chi connectivity index (χ4n) is 2.78. The second-order valence-corrected chi connectivity index (χ2v) is 5.24. The maximum Gasteiger partial charge on any atom is 0.258 e. The number of hydrogen-bond donors (Lipinski definition) is 0. The quantitative estimate of drug-likeness (QED) is 0.808. The molecule has 3 rings (SSSR count). The number of carbonyl (C=O) groups is 1. The third-order valence-corrected chi connectivity index (χ3v) is 3.96. The number of fused-ring (bicyclic) bond motifs is 1. The number of rotatable bonds is 2. The summed E-state index contributed by atoms with van der Waals surface area (Å²) >= 11 is 0. The van der Waals surface area contributed by atoms with Crippen molar-refractivity contribution in [1.29, 1.82) is 0 Å². The van der Waals surface area contributed by atoms with Crippen LogP contribution < -0.4 is 4.90 Å². The largest absolute Gasteiger partial charge is 0.308 e. The van der Waals surface area contributed by atoms with E-state index in [1.165, 1.54) is 11.1 Å². The van der Waals surface area contributed by atoms with Crippen LogP contribution in [0.1, 0.15) is 34.8 Å². The van der Waals surface area contributed by atoms with E-state index in [-0.39, 0.29) is 5.91 Å². The standard InChI is InChI=1S/C18H19NO/c1-2-14-9-11-16(12-10-14)18(20)19-13-5-7-15-6-3-4-8-17(15)19/h3-4,6,8-12H,2,5,7,13H2,1H3. The number of amides is 1. The Hall–Kier alpha value is -2.09. The SMILES string of the molecule is CCc1ccc(C(=O)N2CCCc3ccccc32)cc1. The first-order valence-electron chi connectivity index (χ1n) is 7.28. The van der Waals surface area contributed by atoms with Crippen LogP contribution in [0.25, 0.3) is 0 Å². The lowest BCUT2D eigenvalue weighted by Crippen LogP contribution is -2.35. The second kappa shape index (κ2) is 5.49. The summed E-state index contributed by atoms with van der Waals surface area (Å²) in [5, 5.41) is 0. The maximum atomic E-state index is 12.7. The molecular weight excluding hydrogens is 246 g/mol. The van der Waals surface area contributed by atoms with Gasteiger partial charge >= 0.3 is 0 Å². The molecule has 102 valence electrons. The summed E-state index contributed by atoms with van der Waals surface area (Å²) in [6.07, 6.45) is 3.10. The normalized spacial score (nSPS) is 13.9. The van der Waals surface area contributed by atoms with Gasteiger partial charge in [-0.1, -0.05) is 37.3 Å². The van der Waals surface area contributed by atoms with E-state index in [1.54, 1.807) is 0 Å². The molecule has 1 amide bonds. The van der Waals surface area contributed by atoms with Gasteiger partial charge in [0.25, 0.3) is 5.91 Å². The summed E-state index contributed by atoms with van der Waals surface area (Å²) < 4.78 is 0. The molecule has 2 nitrogen and oxygen atoms in total. The summed E-state index contributed by atoms with van der Waals surface area (Å²) in [6.45, 7) is 2.93. The number of anilines is 1. The molecule has 20 heavy (non-hydrogen) atoms. The second-order valence-electron chi connectivity index (χ2n) is 5.24. The van der Waals surface area contributed by atoms with Gasteiger partial charge in [-0.2, -0.15) is 0 Å². The maximum absolute atomic E-state index is 12.7. The first kappa shape index (κ1) is 12.9. The fraction of sp³-hybridized carbons (Fsp3) is 0.278. The highest BCUT2D eigenvalue weighted by Crippen LogP contribution is 2.28. The minimum absolute atomic E-state index is 0.111. The fourth-order valence-corrected chi connectivity index (χ4v) is 2.78. The molecule has 0 aromatic heterocycles. The van der Waals surface area contributed by atoms with E-state index in [9.17, 15) is 4.79 Å². The lowest BCUT2D eigenvalue weighted by molar-refractivity contribution is 0.0985. The van der Waals surface area contributed by atoms with E-state index in [2.05, 4.69) is 13.0 Å². The molecule has 1 aliphatic heterocycles. The van der Waals surface area contributed by atoms with E-state index >= 15 is 0 Å². The van der Waals surface area contributed by atoms with Crippen LogP contribution in [0.2, 0.25) is 0 Å². The summed E-state index contributed by atoms with van der Waals surface area (Å²) in [6, 6.07) is 16.2. The van der Waals surface area contributed by atoms with Crippen LogP contribution in [0.5, 0.6) is 0 Å². The van der Waals surface area contributed by atoms with Crippen molar-refractivity contribution in [3.63, 3.8) is 0 Å². The number of para-hydroxylation sites is 1. The summed E-state index contributed by atoms with van der Waals surface area (Å²) in [7, 11) is 0. The highest BCUT2D eigenvalue weighted by Gasteiger charge is 2.22. The predicted octanol–water partition coefficient (Wildman–Crippen LogP) is 3.84. The van der Waals surface area contributed by atoms with Gasteiger partial charge in [0, 0.05) is 17.8 Å². The Bertz CT molecular complexity index is 616. The Morgan fingerprint density at radius 3 is 2.60 bits per heavy atom. The van der Waals surface area contributed by atoms with Crippen molar-refractivity contribution in [2.75, 3.05) is 11.4 Å².